The van der Waals surface area contributed by atoms with Crippen molar-refractivity contribution >= 4 is 5.91 Å². The second-order valence-electron chi connectivity index (χ2n) is 7.78. The van der Waals surface area contributed by atoms with E-state index in [2.05, 4.69) is 17.1 Å². The molecule has 0 spiro atoms. The minimum Gasteiger partial charge on any atom is -0.507 e. The number of amides is 1. The number of ether oxygens (including phenoxy) is 1. The Morgan fingerprint density at radius 3 is 2.84 bits per heavy atom. The van der Waals surface area contributed by atoms with Crippen LogP contribution in [0.2, 0.25) is 0 Å². The molecule has 0 aliphatic carbocycles. The van der Waals surface area contributed by atoms with Gasteiger partial charge in [-0.15, -0.1) is 0 Å². The number of carbonyl (C=O) groups is 1. The molecule has 3 aromatic rings. The molecule has 7 nitrogen and oxygen atoms in total. The first-order valence-electron chi connectivity index (χ1n) is 10.6. The van der Waals surface area contributed by atoms with Crippen LogP contribution in [-0.2, 0) is 0 Å². The third kappa shape index (κ3) is 3.88. The number of rotatable bonds is 8. The number of hydrogen-bond donors (Lipinski definition) is 3. The van der Waals surface area contributed by atoms with Crippen LogP contribution in [0.4, 0.5) is 0 Å². The number of aliphatic hydroxyl groups excluding tert-OH is 1. The van der Waals surface area contributed by atoms with Gasteiger partial charge in [-0.25, -0.2) is 0 Å². The van der Waals surface area contributed by atoms with Gasteiger partial charge in [-0.3, -0.25) is 9.89 Å². The van der Waals surface area contributed by atoms with Gasteiger partial charge in [0.2, 0.25) is 0 Å². The summed E-state index contributed by atoms with van der Waals surface area (Å²) in [6.07, 6.45) is 2.01. The minimum atomic E-state index is -0.446. The molecule has 0 fully saturated rings. The number of aromatic hydroxyl groups is 1. The lowest BCUT2D eigenvalue weighted by Crippen LogP contribution is -2.32. The molecular formula is C24H27N3O4. The molecule has 0 saturated heterocycles. The standard InChI is InChI=1S/C24H27N3O4/c1-3-4-12-31-17-7-5-6-16(14-17)23-20-21(18-13-15(2)8-9-19(18)29)25-26-22(20)24(30)27(23)10-11-28/h5-9,13-14,23,28-29H,3-4,10-12H2,1-2H3,(H,25,26). The van der Waals surface area contributed by atoms with Crippen molar-refractivity contribution in [2.75, 3.05) is 19.8 Å². The summed E-state index contributed by atoms with van der Waals surface area (Å²) >= 11 is 0. The average Bonchev–Trinajstić information content (AvgIpc) is 3.30. The first-order chi connectivity index (χ1) is 15.0. The highest BCUT2D eigenvalue weighted by Gasteiger charge is 2.42. The van der Waals surface area contributed by atoms with E-state index in [1.807, 2.05) is 43.3 Å². The van der Waals surface area contributed by atoms with Gasteiger partial charge in [0, 0.05) is 17.7 Å². The Labute approximate surface area is 181 Å². The van der Waals surface area contributed by atoms with E-state index in [4.69, 9.17) is 4.74 Å². The van der Waals surface area contributed by atoms with Crippen molar-refractivity contribution in [1.29, 1.82) is 0 Å². The van der Waals surface area contributed by atoms with Gasteiger partial charge in [0.1, 0.15) is 22.9 Å². The van der Waals surface area contributed by atoms with Crippen LogP contribution in [0.1, 0.15) is 53.0 Å². The van der Waals surface area contributed by atoms with Crippen LogP contribution in [0.5, 0.6) is 11.5 Å². The molecule has 0 radical (unpaired) electrons. The summed E-state index contributed by atoms with van der Waals surface area (Å²) in [6.45, 7) is 4.71. The summed E-state index contributed by atoms with van der Waals surface area (Å²) in [5, 5.41) is 27.3. The van der Waals surface area contributed by atoms with E-state index in [9.17, 15) is 15.0 Å². The number of H-pyrrole nitrogens is 1. The van der Waals surface area contributed by atoms with Gasteiger partial charge in [-0.2, -0.15) is 5.10 Å². The van der Waals surface area contributed by atoms with E-state index in [1.165, 1.54) is 0 Å². The minimum absolute atomic E-state index is 0.100. The smallest absolute Gasteiger partial charge is 0.273 e. The second-order valence-corrected chi connectivity index (χ2v) is 7.78. The van der Waals surface area contributed by atoms with Crippen LogP contribution in [-0.4, -0.2) is 51.0 Å². The molecule has 1 aliphatic heterocycles. The number of unbranched alkanes of at least 4 members (excludes halogenated alkanes) is 1. The molecule has 4 rings (SSSR count). The summed E-state index contributed by atoms with van der Waals surface area (Å²) in [6, 6.07) is 12.5. The van der Waals surface area contributed by atoms with Gasteiger partial charge in [0.15, 0.2) is 0 Å². The molecule has 31 heavy (non-hydrogen) atoms. The van der Waals surface area contributed by atoms with Crippen LogP contribution in [0, 0.1) is 6.92 Å². The number of aromatic amines is 1. The number of carbonyl (C=O) groups excluding carboxylic acids is 1. The van der Waals surface area contributed by atoms with Gasteiger partial charge in [-0.05, 0) is 43.2 Å². The van der Waals surface area contributed by atoms with Crippen molar-refractivity contribution in [2.24, 2.45) is 0 Å². The van der Waals surface area contributed by atoms with E-state index < -0.39 is 6.04 Å². The van der Waals surface area contributed by atoms with Gasteiger partial charge in [0.05, 0.1) is 19.3 Å². The summed E-state index contributed by atoms with van der Waals surface area (Å²) < 4.78 is 5.87. The second kappa shape index (κ2) is 8.81. The van der Waals surface area contributed by atoms with Crippen molar-refractivity contribution in [3.8, 4) is 22.8 Å². The zero-order valence-corrected chi connectivity index (χ0v) is 17.8. The van der Waals surface area contributed by atoms with Gasteiger partial charge >= 0.3 is 0 Å². The molecule has 0 saturated carbocycles. The molecule has 1 amide bonds. The molecular weight excluding hydrogens is 394 g/mol. The van der Waals surface area contributed by atoms with Crippen LogP contribution in [0.3, 0.4) is 0 Å². The molecule has 2 heterocycles. The number of fused-ring (bicyclic) bond motifs is 1. The molecule has 1 aliphatic rings. The van der Waals surface area contributed by atoms with Crippen molar-refractivity contribution in [1.82, 2.24) is 15.1 Å². The third-order valence-electron chi connectivity index (χ3n) is 5.55. The maximum absolute atomic E-state index is 13.1. The van der Waals surface area contributed by atoms with Crippen molar-refractivity contribution < 1.29 is 19.7 Å². The highest BCUT2D eigenvalue weighted by atomic mass is 16.5. The molecule has 162 valence electrons. The van der Waals surface area contributed by atoms with E-state index >= 15 is 0 Å². The Balaban J connectivity index is 1.81. The Morgan fingerprint density at radius 2 is 2.06 bits per heavy atom. The van der Waals surface area contributed by atoms with Crippen molar-refractivity contribution in [2.45, 2.75) is 32.7 Å². The summed E-state index contributed by atoms with van der Waals surface area (Å²) in [5.74, 6) is 0.611. The van der Waals surface area contributed by atoms with Crippen LogP contribution in [0.15, 0.2) is 42.5 Å². The lowest BCUT2D eigenvalue weighted by Gasteiger charge is -2.26. The van der Waals surface area contributed by atoms with E-state index in [-0.39, 0.29) is 24.8 Å². The Bertz CT molecular complexity index is 1090. The normalized spacial score (nSPS) is 15.4. The highest BCUT2D eigenvalue weighted by molar-refractivity contribution is 6.00. The van der Waals surface area contributed by atoms with E-state index in [0.29, 0.717) is 29.1 Å². The molecule has 0 bridgehead atoms. The highest BCUT2D eigenvalue weighted by Crippen LogP contribution is 2.44. The maximum Gasteiger partial charge on any atom is 0.273 e. The zero-order chi connectivity index (χ0) is 22.0. The quantitative estimate of drug-likeness (QED) is 0.481. The topological polar surface area (TPSA) is 98.7 Å². The molecule has 3 N–H and O–H groups in total. The lowest BCUT2D eigenvalue weighted by atomic mass is 9.95. The predicted molar refractivity (Wildman–Crippen MR) is 117 cm³/mol. The molecule has 1 unspecified atom stereocenters. The fraction of sp³-hybridized carbons (Fsp3) is 0.333. The van der Waals surface area contributed by atoms with Gasteiger partial charge < -0.3 is 19.8 Å². The molecule has 1 aromatic heterocycles. The first-order valence-corrected chi connectivity index (χ1v) is 10.6. The number of nitrogens with zero attached hydrogens (tertiary/aromatic N) is 2. The fourth-order valence-electron chi connectivity index (χ4n) is 4.04. The largest absolute Gasteiger partial charge is 0.507 e. The molecule has 2 aromatic carbocycles. The Morgan fingerprint density at radius 1 is 1.23 bits per heavy atom. The number of phenolic OH excluding ortho intramolecular Hbond substituents is 1. The number of aliphatic hydroxyl groups is 1. The third-order valence-corrected chi connectivity index (χ3v) is 5.55. The molecule has 7 heteroatoms. The van der Waals surface area contributed by atoms with E-state index in [0.717, 1.165) is 29.7 Å². The summed E-state index contributed by atoms with van der Waals surface area (Å²) in [7, 11) is 0. The molecule has 1 atom stereocenters. The fourth-order valence-corrected chi connectivity index (χ4v) is 4.04. The summed E-state index contributed by atoms with van der Waals surface area (Å²) in [5.41, 5.74) is 4.02. The number of phenols is 1. The Kier molecular flexibility index (Phi) is 5.95. The summed E-state index contributed by atoms with van der Waals surface area (Å²) in [4.78, 5) is 14.7. The van der Waals surface area contributed by atoms with Crippen molar-refractivity contribution in [3.63, 3.8) is 0 Å². The van der Waals surface area contributed by atoms with Crippen LogP contribution < -0.4 is 4.74 Å². The first kappa shape index (κ1) is 20.9. The van der Waals surface area contributed by atoms with Gasteiger partial charge in [-0.1, -0.05) is 37.1 Å². The van der Waals surface area contributed by atoms with Crippen molar-refractivity contribution in [3.05, 3.63) is 64.8 Å². The number of nitrogens with one attached hydrogen (secondary N) is 1. The lowest BCUT2D eigenvalue weighted by molar-refractivity contribution is 0.0706. The maximum atomic E-state index is 13.1. The predicted octanol–water partition coefficient (Wildman–Crippen LogP) is 3.81. The SMILES string of the molecule is CCCCOc1cccc(C2c3c(-c4cc(C)ccc4O)n[nH]c3C(=O)N2CCO)c1. The number of aryl methyl sites for hydroxylation is 1. The Hall–Kier alpha value is -3.32. The van der Waals surface area contributed by atoms with Gasteiger partial charge in [0.25, 0.3) is 5.91 Å². The van der Waals surface area contributed by atoms with E-state index in [1.54, 1.807) is 11.0 Å². The number of benzene rings is 2. The van der Waals surface area contributed by atoms with Crippen LogP contribution >= 0.6 is 0 Å². The zero-order valence-electron chi connectivity index (χ0n) is 17.8. The number of hydrogen-bond acceptors (Lipinski definition) is 5. The number of β-amino-alcohol motifs (C(OH)–C–C–N with tert-alkyl or cyclic N) is 1. The monoisotopic (exact) mass is 421 g/mol. The number of aromatic nitrogens is 2. The van der Waals surface area contributed by atoms with Crippen LogP contribution in [0.25, 0.3) is 11.3 Å². The average molecular weight is 421 g/mol.